The molecule has 4 heterocycles. The standard InChI is InChI=1S/C24H25N5O3S/c1-12(2)29-21-19(11-25-29)18(10-20(27-21)17-9-13(3)32-14(17)4)23(31)28-24-16(7-8-33-24)22(30)26-15-5-6-15/h7-12,15H,5-6H2,1-4H3,(H,26,30)(H,28,31). The molecule has 1 aliphatic carbocycles. The number of carbonyl (C=O) groups is 2. The van der Waals surface area contributed by atoms with Crippen LogP contribution in [0, 0.1) is 13.8 Å². The first kappa shape index (κ1) is 21.4. The molecule has 0 saturated heterocycles. The maximum Gasteiger partial charge on any atom is 0.257 e. The Hall–Kier alpha value is -3.46. The number of aryl methyl sites for hydroxylation is 2. The van der Waals surface area contributed by atoms with Gasteiger partial charge in [0.1, 0.15) is 16.5 Å². The summed E-state index contributed by atoms with van der Waals surface area (Å²) in [6, 6.07) is 5.73. The van der Waals surface area contributed by atoms with Crippen LogP contribution in [0.15, 0.2) is 34.2 Å². The normalized spacial score (nSPS) is 13.6. The summed E-state index contributed by atoms with van der Waals surface area (Å²) >= 11 is 1.33. The Bertz CT molecular complexity index is 1380. The van der Waals surface area contributed by atoms with Gasteiger partial charge in [-0.1, -0.05) is 0 Å². The van der Waals surface area contributed by atoms with Crippen LogP contribution < -0.4 is 10.6 Å². The summed E-state index contributed by atoms with van der Waals surface area (Å²) in [5.41, 5.74) is 3.03. The molecule has 0 atom stereocenters. The average Bonchev–Trinajstić information content (AvgIpc) is 3.15. The summed E-state index contributed by atoms with van der Waals surface area (Å²) in [5, 5.41) is 13.4. The quantitative estimate of drug-likeness (QED) is 0.414. The van der Waals surface area contributed by atoms with Crippen LogP contribution in [0.5, 0.6) is 0 Å². The first-order valence-corrected chi connectivity index (χ1v) is 11.8. The molecule has 33 heavy (non-hydrogen) atoms. The number of hydrogen-bond donors (Lipinski definition) is 2. The summed E-state index contributed by atoms with van der Waals surface area (Å²) in [4.78, 5) is 30.9. The van der Waals surface area contributed by atoms with Crippen molar-refractivity contribution in [1.29, 1.82) is 0 Å². The Morgan fingerprint density at radius 2 is 1.97 bits per heavy atom. The van der Waals surface area contributed by atoms with E-state index in [2.05, 4.69) is 15.7 Å². The lowest BCUT2D eigenvalue weighted by atomic mass is 10.1. The van der Waals surface area contributed by atoms with Gasteiger partial charge in [0.05, 0.1) is 28.4 Å². The molecule has 0 bridgehead atoms. The van der Waals surface area contributed by atoms with Crippen molar-refractivity contribution in [2.75, 3.05) is 5.32 Å². The molecular weight excluding hydrogens is 438 g/mol. The third kappa shape index (κ3) is 4.04. The number of pyridine rings is 1. The maximum absolute atomic E-state index is 13.5. The Labute approximate surface area is 195 Å². The van der Waals surface area contributed by atoms with Gasteiger partial charge in [0, 0.05) is 17.6 Å². The van der Waals surface area contributed by atoms with Crippen molar-refractivity contribution in [1.82, 2.24) is 20.1 Å². The minimum absolute atomic E-state index is 0.0726. The predicted molar refractivity (Wildman–Crippen MR) is 128 cm³/mol. The molecule has 8 nitrogen and oxygen atoms in total. The molecule has 1 fully saturated rings. The second-order valence-corrected chi connectivity index (χ2v) is 9.58. The molecule has 1 aliphatic rings. The van der Waals surface area contributed by atoms with Gasteiger partial charge in [-0.2, -0.15) is 5.10 Å². The lowest BCUT2D eigenvalue weighted by Gasteiger charge is -2.11. The van der Waals surface area contributed by atoms with E-state index in [4.69, 9.17) is 9.40 Å². The first-order valence-electron chi connectivity index (χ1n) is 11.0. The van der Waals surface area contributed by atoms with Gasteiger partial charge in [0.15, 0.2) is 5.65 Å². The van der Waals surface area contributed by atoms with Crippen LogP contribution >= 0.6 is 11.3 Å². The van der Waals surface area contributed by atoms with Crippen LogP contribution in [-0.4, -0.2) is 32.6 Å². The number of rotatable bonds is 6. The molecule has 9 heteroatoms. The van der Waals surface area contributed by atoms with Gasteiger partial charge in [-0.3, -0.25) is 9.59 Å². The van der Waals surface area contributed by atoms with Crippen LogP contribution in [0.25, 0.3) is 22.3 Å². The first-order chi connectivity index (χ1) is 15.8. The number of nitrogens with one attached hydrogen (secondary N) is 2. The number of nitrogens with zero attached hydrogens (tertiary/aromatic N) is 3. The molecule has 2 N–H and O–H groups in total. The molecule has 0 spiro atoms. The van der Waals surface area contributed by atoms with Gasteiger partial charge in [-0.25, -0.2) is 9.67 Å². The lowest BCUT2D eigenvalue weighted by Crippen LogP contribution is -2.26. The highest BCUT2D eigenvalue weighted by Gasteiger charge is 2.26. The van der Waals surface area contributed by atoms with Gasteiger partial charge in [0.25, 0.3) is 11.8 Å². The molecule has 170 valence electrons. The monoisotopic (exact) mass is 463 g/mol. The summed E-state index contributed by atoms with van der Waals surface area (Å²) in [6.45, 7) is 7.80. The third-order valence-corrected chi connectivity index (χ3v) is 6.50. The Kier molecular flexibility index (Phi) is 5.28. The van der Waals surface area contributed by atoms with Gasteiger partial charge in [0.2, 0.25) is 0 Å². The lowest BCUT2D eigenvalue weighted by molar-refractivity contribution is 0.0952. The topological polar surface area (TPSA) is 102 Å². The van der Waals surface area contributed by atoms with Gasteiger partial charge in [-0.05, 0) is 64.1 Å². The fourth-order valence-electron chi connectivity index (χ4n) is 3.85. The number of carbonyl (C=O) groups excluding carboxylic acids is 2. The largest absolute Gasteiger partial charge is 0.466 e. The van der Waals surface area contributed by atoms with E-state index in [9.17, 15) is 9.59 Å². The third-order valence-electron chi connectivity index (χ3n) is 5.67. The molecule has 4 aromatic rings. The number of hydrogen-bond acceptors (Lipinski definition) is 6. The second-order valence-electron chi connectivity index (χ2n) is 8.67. The van der Waals surface area contributed by atoms with E-state index in [-0.39, 0.29) is 23.9 Å². The van der Waals surface area contributed by atoms with Crippen molar-refractivity contribution in [3.8, 4) is 11.3 Å². The summed E-state index contributed by atoms with van der Waals surface area (Å²) in [6.07, 6.45) is 3.67. The molecular formula is C24H25N5O3S. The Morgan fingerprint density at radius 1 is 1.18 bits per heavy atom. The maximum atomic E-state index is 13.5. The molecule has 2 amide bonds. The highest BCUT2D eigenvalue weighted by Crippen LogP contribution is 2.31. The average molecular weight is 464 g/mol. The zero-order valence-electron chi connectivity index (χ0n) is 18.9. The van der Waals surface area contributed by atoms with Crippen LogP contribution in [0.4, 0.5) is 5.00 Å². The number of thiophene rings is 1. The van der Waals surface area contributed by atoms with Crippen LogP contribution in [-0.2, 0) is 0 Å². The van der Waals surface area contributed by atoms with Crippen molar-refractivity contribution < 1.29 is 14.0 Å². The van der Waals surface area contributed by atoms with Gasteiger partial charge >= 0.3 is 0 Å². The van der Waals surface area contributed by atoms with Crippen molar-refractivity contribution in [2.24, 2.45) is 0 Å². The molecule has 0 unspecified atom stereocenters. The Balaban J connectivity index is 1.56. The highest BCUT2D eigenvalue weighted by molar-refractivity contribution is 7.14. The van der Waals surface area contributed by atoms with E-state index < -0.39 is 0 Å². The fourth-order valence-corrected chi connectivity index (χ4v) is 4.63. The van der Waals surface area contributed by atoms with E-state index in [0.717, 1.165) is 29.9 Å². The van der Waals surface area contributed by atoms with E-state index >= 15 is 0 Å². The second kappa shape index (κ2) is 8.15. The molecule has 0 aromatic carbocycles. The number of anilines is 1. The van der Waals surface area contributed by atoms with E-state index in [0.29, 0.717) is 32.9 Å². The summed E-state index contributed by atoms with van der Waals surface area (Å²) < 4.78 is 7.50. The predicted octanol–water partition coefficient (Wildman–Crippen LogP) is 5.10. The minimum Gasteiger partial charge on any atom is -0.466 e. The summed E-state index contributed by atoms with van der Waals surface area (Å²) in [5.74, 6) is 1.04. The smallest absolute Gasteiger partial charge is 0.257 e. The number of furan rings is 1. The van der Waals surface area contributed by atoms with Gasteiger partial charge in [-0.15, -0.1) is 11.3 Å². The van der Waals surface area contributed by atoms with Crippen LogP contribution in [0.3, 0.4) is 0 Å². The molecule has 0 aliphatic heterocycles. The van der Waals surface area contributed by atoms with E-state index in [1.165, 1.54) is 11.3 Å². The number of aromatic nitrogens is 3. The van der Waals surface area contributed by atoms with Crippen LogP contribution in [0.2, 0.25) is 0 Å². The van der Waals surface area contributed by atoms with Crippen molar-refractivity contribution in [3.63, 3.8) is 0 Å². The van der Waals surface area contributed by atoms with Crippen molar-refractivity contribution in [3.05, 3.63) is 52.4 Å². The van der Waals surface area contributed by atoms with E-state index in [1.807, 2.05) is 33.8 Å². The Morgan fingerprint density at radius 3 is 2.64 bits per heavy atom. The van der Waals surface area contributed by atoms with Crippen molar-refractivity contribution >= 4 is 39.2 Å². The fraction of sp³-hybridized carbons (Fsp3) is 0.333. The SMILES string of the molecule is Cc1cc(-c2cc(C(=O)Nc3sccc3C(=O)NC3CC3)c3cnn(C(C)C)c3n2)c(C)o1. The number of fused-ring (bicyclic) bond motifs is 1. The van der Waals surface area contributed by atoms with Gasteiger partial charge < -0.3 is 15.1 Å². The molecule has 4 aromatic heterocycles. The van der Waals surface area contributed by atoms with E-state index in [1.54, 1.807) is 28.4 Å². The zero-order valence-corrected chi connectivity index (χ0v) is 19.7. The van der Waals surface area contributed by atoms with Crippen molar-refractivity contribution in [2.45, 2.75) is 52.6 Å². The highest BCUT2D eigenvalue weighted by atomic mass is 32.1. The molecule has 1 saturated carbocycles. The molecule has 0 radical (unpaired) electrons. The number of amides is 2. The zero-order chi connectivity index (χ0) is 23.3. The minimum atomic E-state index is -0.312. The molecule has 5 rings (SSSR count). The summed E-state index contributed by atoms with van der Waals surface area (Å²) in [7, 11) is 0. The van der Waals surface area contributed by atoms with Crippen LogP contribution in [0.1, 0.15) is 65.0 Å².